The number of hydrogen-bond donors (Lipinski definition) is 0. The number of terminal acetylenes is 1. The van der Waals surface area contributed by atoms with Gasteiger partial charge in [0.2, 0.25) is 0 Å². The van der Waals surface area contributed by atoms with E-state index in [2.05, 4.69) is 11.0 Å². The van der Waals surface area contributed by atoms with Crippen molar-refractivity contribution >= 4 is 6.34 Å². The molecule has 0 atom stereocenters. The minimum atomic E-state index is 0.851. The summed E-state index contributed by atoms with van der Waals surface area (Å²) in [5.41, 5.74) is 0. The zero-order valence-electron chi connectivity index (χ0n) is 3.96. The van der Waals surface area contributed by atoms with Gasteiger partial charge in [0.25, 0.3) is 0 Å². The lowest BCUT2D eigenvalue weighted by molar-refractivity contribution is 0.656. The molecule has 0 fully saturated rings. The molecule has 0 aromatic rings. The summed E-state index contributed by atoms with van der Waals surface area (Å²) in [7, 11) is 0. The Hall–Kier alpha value is -0.970. The molecule has 1 rings (SSSR count). The molecule has 1 aliphatic rings. The average Bonchev–Trinajstić information content (AvgIpc) is 2.14. The van der Waals surface area contributed by atoms with Gasteiger partial charge in [-0.05, 0) is 0 Å². The molecule has 0 aliphatic carbocycles. The van der Waals surface area contributed by atoms with E-state index in [9.17, 15) is 0 Å². The highest BCUT2D eigenvalue weighted by atomic mass is 15.2. The van der Waals surface area contributed by atoms with Gasteiger partial charge in [-0.2, -0.15) is 0 Å². The van der Waals surface area contributed by atoms with Crippen LogP contribution in [-0.4, -0.2) is 24.3 Å². The van der Waals surface area contributed by atoms with Gasteiger partial charge in [-0.25, -0.2) is 0 Å². The van der Waals surface area contributed by atoms with Crippen LogP contribution in [0.5, 0.6) is 0 Å². The van der Waals surface area contributed by atoms with Crippen molar-refractivity contribution in [3.8, 4) is 12.5 Å². The Kier molecular flexibility index (Phi) is 0.991. The smallest absolute Gasteiger partial charge is 0.0966 e. The molecule has 0 spiro atoms. The molecule has 0 bridgehead atoms. The normalized spacial score (nSPS) is 17.3. The highest BCUT2D eigenvalue weighted by Gasteiger charge is 1.97. The van der Waals surface area contributed by atoms with Crippen molar-refractivity contribution in [2.75, 3.05) is 13.1 Å². The topological polar surface area (TPSA) is 15.6 Å². The maximum Gasteiger partial charge on any atom is 0.0966 e. The molecular formula is C5H6N2. The number of aliphatic imine (C=N–C) groups is 1. The van der Waals surface area contributed by atoms with Gasteiger partial charge in [0, 0.05) is 6.04 Å². The summed E-state index contributed by atoms with van der Waals surface area (Å²) in [4.78, 5) is 5.62. The van der Waals surface area contributed by atoms with Crippen molar-refractivity contribution < 1.29 is 0 Å². The highest BCUT2D eigenvalue weighted by Crippen LogP contribution is 1.87. The molecule has 0 N–H and O–H groups in total. The molecular weight excluding hydrogens is 88.1 g/mol. The maximum absolute atomic E-state index is 5.02. The molecule has 1 heterocycles. The molecule has 2 heteroatoms. The monoisotopic (exact) mass is 94.1 g/mol. The zero-order chi connectivity index (χ0) is 5.11. The molecule has 7 heavy (non-hydrogen) atoms. The number of nitrogens with zero attached hydrogens (tertiary/aromatic N) is 2. The predicted molar refractivity (Wildman–Crippen MR) is 28.9 cm³/mol. The first-order valence-corrected chi connectivity index (χ1v) is 2.16. The third-order valence-corrected chi connectivity index (χ3v) is 0.857. The van der Waals surface area contributed by atoms with Gasteiger partial charge in [-0.15, -0.1) is 0 Å². The summed E-state index contributed by atoms with van der Waals surface area (Å²) in [6.45, 7) is 1.74. The van der Waals surface area contributed by atoms with Crippen LogP contribution in [0.25, 0.3) is 0 Å². The second kappa shape index (κ2) is 1.65. The molecule has 0 saturated heterocycles. The third-order valence-electron chi connectivity index (χ3n) is 0.857. The van der Waals surface area contributed by atoms with Crippen LogP contribution < -0.4 is 0 Å². The molecule has 0 radical (unpaired) electrons. The summed E-state index contributed by atoms with van der Waals surface area (Å²) in [5.74, 6) is 0. The van der Waals surface area contributed by atoms with E-state index in [4.69, 9.17) is 6.42 Å². The van der Waals surface area contributed by atoms with Gasteiger partial charge in [0.1, 0.15) is 0 Å². The Balaban J connectivity index is 2.47. The Morgan fingerprint density at radius 1 is 1.86 bits per heavy atom. The Bertz CT molecular complexity index is 121. The SMILES string of the molecule is C#CN1C=NCC1. The van der Waals surface area contributed by atoms with E-state index < -0.39 is 0 Å². The molecule has 0 amide bonds. The van der Waals surface area contributed by atoms with Gasteiger partial charge in [0.05, 0.1) is 19.4 Å². The first-order chi connectivity index (χ1) is 3.43. The van der Waals surface area contributed by atoms with Crippen molar-refractivity contribution in [1.29, 1.82) is 0 Å². The largest absolute Gasteiger partial charge is 0.290 e. The Morgan fingerprint density at radius 2 is 2.71 bits per heavy atom. The van der Waals surface area contributed by atoms with E-state index >= 15 is 0 Å². The molecule has 1 aliphatic heterocycles. The number of hydrogen-bond acceptors (Lipinski definition) is 2. The van der Waals surface area contributed by atoms with Crippen LogP contribution in [0.15, 0.2) is 4.99 Å². The fourth-order valence-electron chi connectivity index (χ4n) is 0.477. The van der Waals surface area contributed by atoms with Gasteiger partial charge in [0.15, 0.2) is 0 Å². The Morgan fingerprint density at radius 3 is 3.00 bits per heavy atom. The van der Waals surface area contributed by atoms with Gasteiger partial charge < -0.3 is 0 Å². The van der Waals surface area contributed by atoms with Gasteiger partial charge in [-0.1, -0.05) is 6.42 Å². The molecule has 36 valence electrons. The van der Waals surface area contributed by atoms with Crippen LogP contribution in [0.3, 0.4) is 0 Å². The van der Waals surface area contributed by atoms with Gasteiger partial charge in [-0.3, -0.25) is 9.89 Å². The lowest BCUT2D eigenvalue weighted by atomic mass is 10.6. The van der Waals surface area contributed by atoms with Crippen LogP contribution in [-0.2, 0) is 0 Å². The van der Waals surface area contributed by atoms with E-state index in [1.807, 2.05) is 0 Å². The predicted octanol–water partition coefficient (Wildman–Crippen LogP) is -0.0790. The van der Waals surface area contributed by atoms with Crippen LogP contribution in [0, 0.1) is 12.5 Å². The average molecular weight is 94.1 g/mol. The van der Waals surface area contributed by atoms with E-state index in [0.29, 0.717) is 0 Å². The second-order valence-electron chi connectivity index (χ2n) is 1.34. The van der Waals surface area contributed by atoms with Crippen molar-refractivity contribution in [3.05, 3.63) is 0 Å². The summed E-state index contributed by atoms with van der Waals surface area (Å²) in [6, 6.07) is 2.45. The van der Waals surface area contributed by atoms with Crippen LogP contribution in [0.2, 0.25) is 0 Å². The molecule has 0 unspecified atom stereocenters. The fraction of sp³-hybridized carbons (Fsp3) is 0.400. The minimum Gasteiger partial charge on any atom is -0.290 e. The zero-order valence-corrected chi connectivity index (χ0v) is 3.96. The van der Waals surface area contributed by atoms with Crippen molar-refractivity contribution in [2.45, 2.75) is 0 Å². The van der Waals surface area contributed by atoms with Crippen molar-refractivity contribution in [2.24, 2.45) is 4.99 Å². The second-order valence-corrected chi connectivity index (χ2v) is 1.34. The minimum absolute atomic E-state index is 0.851. The van der Waals surface area contributed by atoms with E-state index in [1.165, 1.54) is 0 Å². The van der Waals surface area contributed by atoms with Crippen LogP contribution in [0.1, 0.15) is 0 Å². The van der Waals surface area contributed by atoms with E-state index in [0.717, 1.165) is 13.1 Å². The summed E-state index contributed by atoms with van der Waals surface area (Å²) in [5, 5.41) is 0. The lowest BCUT2D eigenvalue weighted by Crippen LogP contribution is -2.10. The fourth-order valence-corrected chi connectivity index (χ4v) is 0.477. The number of rotatable bonds is 0. The first kappa shape index (κ1) is 4.20. The quantitative estimate of drug-likeness (QED) is 0.383. The summed E-state index contributed by atoms with van der Waals surface area (Å²) >= 11 is 0. The van der Waals surface area contributed by atoms with E-state index in [1.54, 1.807) is 11.2 Å². The molecule has 2 nitrogen and oxygen atoms in total. The van der Waals surface area contributed by atoms with Crippen LogP contribution in [0.4, 0.5) is 0 Å². The lowest BCUT2D eigenvalue weighted by Gasteiger charge is -1.98. The summed E-state index contributed by atoms with van der Waals surface area (Å²) < 4.78 is 0. The highest BCUT2D eigenvalue weighted by molar-refractivity contribution is 5.59. The van der Waals surface area contributed by atoms with E-state index in [-0.39, 0.29) is 0 Å². The van der Waals surface area contributed by atoms with Crippen molar-refractivity contribution in [3.63, 3.8) is 0 Å². The van der Waals surface area contributed by atoms with Crippen LogP contribution >= 0.6 is 0 Å². The van der Waals surface area contributed by atoms with Crippen molar-refractivity contribution in [1.82, 2.24) is 4.90 Å². The maximum atomic E-state index is 5.02. The third kappa shape index (κ3) is 0.716. The first-order valence-electron chi connectivity index (χ1n) is 2.16. The van der Waals surface area contributed by atoms with Gasteiger partial charge >= 0.3 is 0 Å². The molecule has 0 aromatic heterocycles. The Labute approximate surface area is 42.8 Å². The standard InChI is InChI=1S/C5H6N2/c1-2-7-4-3-6-5-7/h1,5H,3-4H2. The molecule has 0 aromatic carbocycles. The summed E-state index contributed by atoms with van der Waals surface area (Å²) in [6.07, 6.45) is 6.70. The molecule has 0 saturated carbocycles.